The maximum Gasteiger partial charge on any atom is 0.339 e. The highest BCUT2D eigenvalue weighted by molar-refractivity contribution is 6.36. The summed E-state index contributed by atoms with van der Waals surface area (Å²) >= 11 is 17.8. The normalized spacial score (nSPS) is 10.5. The molecule has 2 aromatic carbocycles. The van der Waals surface area contributed by atoms with Crippen LogP contribution in [0.3, 0.4) is 0 Å². The Balaban J connectivity index is 1.70. The fourth-order valence-corrected chi connectivity index (χ4v) is 3.17. The Labute approximate surface area is 193 Å². The van der Waals surface area contributed by atoms with Gasteiger partial charge in [0.25, 0.3) is 5.91 Å². The van der Waals surface area contributed by atoms with Crippen LogP contribution >= 0.6 is 34.8 Å². The van der Waals surface area contributed by atoms with Gasteiger partial charge in [-0.15, -0.1) is 0 Å². The van der Waals surface area contributed by atoms with E-state index in [1.807, 2.05) is 0 Å². The lowest BCUT2D eigenvalue weighted by Gasteiger charge is -2.10. The average molecular weight is 478 g/mol. The number of pyridine rings is 1. The third-order valence-corrected chi connectivity index (χ3v) is 5.12. The molecular weight excluding hydrogens is 463 g/mol. The lowest BCUT2D eigenvalue weighted by Crippen LogP contribution is -2.22. The third-order valence-electron chi connectivity index (χ3n) is 4.20. The lowest BCUT2D eigenvalue weighted by atomic mass is 9.98. The van der Waals surface area contributed by atoms with Gasteiger partial charge in [0.05, 0.1) is 21.3 Å². The maximum atomic E-state index is 12.8. The topological polar surface area (TPSA) is 85.4 Å². The summed E-state index contributed by atoms with van der Waals surface area (Å²) < 4.78 is 5.08. The molecule has 1 aromatic heterocycles. The zero-order valence-electron chi connectivity index (χ0n) is 16.1. The Morgan fingerprint density at radius 2 is 1.58 bits per heavy atom. The van der Waals surface area contributed by atoms with Crippen LogP contribution in [0.15, 0.2) is 54.6 Å². The highest BCUT2D eigenvalue weighted by Gasteiger charge is 2.20. The molecule has 1 N–H and O–H groups in total. The fourth-order valence-electron chi connectivity index (χ4n) is 2.64. The van der Waals surface area contributed by atoms with Crippen LogP contribution < -0.4 is 5.32 Å². The zero-order valence-corrected chi connectivity index (χ0v) is 18.4. The number of rotatable bonds is 6. The number of nitrogens with zero attached hydrogens (tertiary/aromatic N) is 1. The number of amides is 1. The second-order valence-corrected chi connectivity index (χ2v) is 7.64. The average Bonchev–Trinajstić information content (AvgIpc) is 2.76. The molecule has 1 heterocycles. The maximum absolute atomic E-state index is 12.8. The van der Waals surface area contributed by atoms with Crippen LogP contribution in [0.2, 0.25) is 15.1 Å². The summed E-state index contributed by atoms with van der Waals surface area (Å²) in [5.41, 5.74) is 1.02. The van der Waals surface area contributed by atoms with E-state index in [-0.39, 0.29) is 27.8 Å². The zero-order chi connectivity index (χ0) is 22.5. The van der Waals surface area contributed by atoms with Crippen LogP contribution in [0.4, 0.5) is 5.82 Å². The number of aromatic nitrogens is 1. The summed E-state index contributed by atoms with van der Waals surface area (Å²) in [6.45, 7) is 1.06. The van der Waals surface area contributed by atoms with E-state index in [1.54, 1.807) is 43.3 Å². The van der Waals surface area contributed by atoms with E-state index in [2.05, 4.69) is 10.3 Å². The molecule has 9 heteroatoms. The molecule has 3 aromatic rings. The highest BCUT2D eigenvalue weighted by Crippen LogP contribution is 2.25. The SMILES string of the molecule is Cc1nc(NC(=O)COC(=O)c2ccccc2C(=O)c2ccc(Cl)cc2)c(Cl)cc1Cl. The van der Waals surface area contributed by atoms with Crippen molar-refractivity contribution in [3.8, 4) is 0 Å². The Morgan fingerprint density at radius 1 is 0.935 bits per heavy atom. The van der Waals surface area contributed by atoms with Crippen molar-refractivity contribution < 1.29 is 19.1 Å². The minimum atomic E-state index is -0.820. The summed E-state index contributed by atoms with van der Waals surface area (Å²) in [5, 5.41) is 3.45. The predicted molar refractivity (Wildman–Crippen MR) is 119 cm³/mol. The van der Waals surface area contributed by atoms with Gasteiger partial charge in [-0.3, -0.25) is 9.59 Å². The van der Waals surface area contributed by atoms with Crippen LogP contribution in [0.5, 0.6) is 0 Å². The van der Waals surface area contributed by atoms with Gasteiger partial charge < -0.3 is 10.1 Å². The molecule has 0 spiro atoms. The quantitative estimate of drug-likeness (QED) is 0.381. The van der Waals surface area contributed by atoms with E-state index in [9.17, 15) is 14.4 Å². The minimum absolute atomic E-state index is 0.0359. The number of esters is 1. The minimum Gasteiger partial charge on any atom is -0.452 e. The molecule has 31 heavy (non-hydrogen) atoms. The number of hydrogen-bond acceptors (Lipinski definition) is 5. The number of nitrogens with one attached hydrogen (secondary N) is 1. The predicted octanol–water partition coefficient (Wildman–Crippen LogP) is 5.38. The summed E-state index contributed by atoms with van der Waals surface area (Å²) in [7, 11) is 0. The van der Waals surface area contributed by atoms with Crippen LogP contribution in [-0.4, -0.2) is 29.3 Å². The number of aryl methyl sites for hydroxylation is 1. The molecule has 0 saturated heterocycles. The van der Waals surface area contributed by atoms with Gasteiger partial charge in [-0.2, -0.15) is 0 Å². The van der Waals surface area contributed by atoms with Crippen LogP contribution in [0.1, 0.15) is 32.0 Å². The summed E-state index contributed by atoms with van der Waals surface area (Å²) in [5.74, 6) is -1.74. The molecule has 0 fully saturated rings. The molecule has 0 bridgehead atoms. The first-order chi connectivity index (χ1) is 14.8. The van der Waals surface area contributed by atoms with Crippen molar-refractivity contribution in [2.24, 2.45) is 0 Å². The molecule has 0 atom stereocenters. The van der Waals surface area contributed by atoms with Gasteiger partial charge in [0.1, 0.15) is 0 Å². The number of halogens is 3. The second kappa shape index (κ2) is 9.92. The van der Waals surface area contributed by atoms with Crippen molar-refractivity contribution >= 4 is 58.3 Å². The van der Waals surface area contributed by atoms with E-state index < -0.39 is 18.5 Å². The Kier molecular flexibility index (Phi) is 7.28. The monoisotopic (exact) mass is 476 g/mol. The molecule has 158 valence electrons. The van der Waals surface area contributed by atoms with Gasteiger partial charge in [0.2, 0.25) is 0 Å². The molecule has 0 unspecified atom stereocenters. The Bertz CT molecular complexity index is 1160. The van der Waals surface area contributed by atoms with Gasteiger partial charge in [-0.1, -0.05) is 53.0 Å². The lowest BCUT2D eigenvalue weighted by molar-refractivity contribution is -0.119. The van der Waals surface area contributed by atoms with Gasteiger partial charge in [-0.25, -0.2) is 9.78 Å². The number of anilines is 1. The molecule has 0 saturated carbocycles. The smallest absolute Gasteiger partial charge is 0.339 e. The standard InChI is InChI=1S/C22H15Cl3N2O4/c1-12-17(24)10-18(25)21(26-12)27-19(28)11-31-22(30)16-5-3-2-4-15(16)20(29)13-6-8-14(23)9-7-13/h2-10H,11H2,1H3,(H,26,27,28). The first-order valence-corrected chi connectivity index (χ1v) is 10.1. The molecule has 0 aliphatic heterocycles. The number of carbonyl (C=O) groups excluding carboxylic acids is 3. The van der Waals surface area contributed by atoms with Crippen LogP contribution in [-0.2, 0) is 9.53 Å². The molecule has 6 nitrogen and oxygen atoms in total. The second-order valence-electron chi connectivity index (χ2n) is 6.39. The van der Waals surface area contributed by atoms with Crippen LogP contribution in [0, 0.1) is 6.92 Å². The van der Waals surface area contributed by atoms with Gasteiger partial charge in [0.15, 0.2) is 18.2 Å². The number of ether oxygens (including phenoxy) is 1. The van der Waals surface area contributed by atoms with Crippen molar-refractivity contribution in [1.82, 2.24) is 4.98 Å². The van der Waals surface area contributed by atoms with E-state index in [4.69, 9.17) is 39.5 Å². The van der Waals surface area contributed by atoms with Crippen molar-refractivity contribution in [2.75, 3.05) is 11.9 Å². The number of benzene rings is 2. The molecular formula is C22H15Cl3N2O4. The molecule has 0 aliphatic carbocycles. The van der Waals surface area contributed by atoms with Gasteiger partial charge in [-0.05, 0) is 43.3 Å². The van der Waals surface area contributed by atoms with E-state index in [0.717, 1.165) is 0 Å². The van der Waals surface area contributed by atoms with Crippen molar-refractivity contribution in [3.05, 3.63) is 92.0 Å². The molecule has 0 radical (unpaired) electrons. The van der Waals surface area contributed by atoms with Gasteiger partial charge >= 0.3 is 5.97 Å². The number of ketones is 1. The first kappa shape index (κ1) is 22.7. The van der Waals surface area contributed by atoms with Crippen LogP contribution in [0.25, 0.3) is 0 Å². The highest BCUT2D eigenvalue weighted by atomic mass is 35.5. The summed E-state index contributed by atoms with van der Waals surface area (Å²) in [4.78, 5) is 41.6. The fraction of sp³-hybridized carbons (Fsp3) is 0.0909. The van der Waals surface area contributed by atoms with Crippen molar-refractivity contribution in [1.29, 1.82) is 0 Å². The third kappa shape index (κ3) is 5.61. The molecule has 0 aliphatic rings. The molecule has 1 amide bonds. The van der Waals surface area contributed by atoms with Gasteiger partial charge in [0, 0.05) is 16.1 Å². The number of carbonyl (C=O) groups is 3. The summed E-state index contributed by atoms with van der Waals surface area (Å²) in [6, 6.07) is 13.9. The van der Waals surface area contributed by atoms with E-state index >= 15 is 0 Å². The van der Waals surface area contributed by atoms with E-state index in [1.165, 1.54) is 18.2 Å². The van der Waals surface area contributed by atoms with E-state index in [0.29, 0.717) is 21.3 Å². The van der Waals surface area contributed by atoms with Crippen molar-refractivity contribution in [2.45, 2.75) is 6.92 Å². The molecule has 3 rings (SSSR count). The Morgan fingerprint density at radius 3 is 2.26 bits per heavy atom. The summed E-state index contributed by atoms with van der Waals surface area (Å²) in [6.07, 6.45) is 0. The first-order valence-electron chi connectivity index (χ1n) is 8.95. The van der Waals surface area contributed by atoms with Crippen molar-refractivity contribution in [3.63, 3.8) is 0 Å². The Hall–Kier alpha value is -2.93. The largest absolute Gasteiger partial charge is 0.452 e. The number of hydrogen-bond donors (Lipinski definition) is 1.